The first-order chi connectivity index (χ1) is 15.3. The number of aromatic hydroxyl groups is 1. The van der Waals surface area contributed by atoms with Crippen LogP contribution in [0.3, 0.4) is 0 Å². The lowest BCUT2D eigenvalue weighted by atomic mass is 10.0. The Kier molecular flexibility index (Phi) is 5.59. The molecule has 0 saturated carbocycles. The summed E-state index contributed by atoms with van der Waals surface area (Å²) >= 11 is 0.902. The Morgan fingerprint density at radius 1 is 1.16 bits per heavy atom. The second-order valence-electron chi connectivity index (χ2n) is 6.80. The van der Waals surface area contributed by atoms with Crippen LogP contribution in [0.2, 0.25) is 0 Å². The molecule has 3 aromatic heterocycles. The zero-order valence-corrected chi connectivity index (χ0v) is 17.1. The van der Waals surface area contributed by atoms with Crippen LogP contribution >= 0.6 is 11.8 Å². The highest BCUT2D eigenvalue weighted by atomic mass is 32.2. The smallest absolute Gasteiger partial charge is 0.416 e. The third-order valence-electron chi connectivity index (χ3n) is 4.79. The number of halogens is 3. The van der Waals surface area contributed by atoms with E-state index in [1.165, 1.54) is 33.5 Å². The van der Waals surface area contributed by atoms with Gasteiger partial charge in [-0.3, -0.25) is 0 Å². The average molecular weight is 455 g/mol. The number of nitrogens with zero attached hydrogens (tertiary/aromatic N) is 4. The summed E-state index contributed by atoms with van der Waals surface area (Å²) in [6.07, 6.45) is -1.58. The normalized spacial score (nSPS) is 11.4. The summed E-state index contributed by atoms with van der Waals surface area (Å²) in [7, 11) is 0. The van der Waals surface area contributed by atoms with Crippen LogP contribution in [0.25, 0.3) is 16.8 Å². The van der Waals surface area contributed by atoms with Gasteiger partial charge in [-0.25, -0.2) is 9.78 Å². The first-order valence-corrected chi connectivity index (χ1v) is 10.1. The Labute approximate surface area is 183 Å². The molecule has 0 fully saturated rings. The van der Waals surface area contributed by atoms with Crippen LogP contribution in [0, 0.1) is 10.7 Å². The van der Waals surface area contributed by atoms with Crippen LogP contribution in [0.1, 0.15) is 11.1 Å². The molecule has 0 aliphatic heterocycles. The highest BCUT2D eigenvalue weighted by molar-refractivity contribution is 8.03. The predicted octanol–water partition coefficient (Wildman–Crippen LogP) is 3.99. The van der Waals surface area contributed by atoms with Crippen LogP contribution in [0.4, 0.5) is 13.2 Å². The molecule has 0 aliphatic rings. The molecule has 10 heteroatoms. The van der Waals surface area contributed by atoms with Crippen molar-refractivity contribution in [3.8, 4) is 22.4 Å². The summed E-state index contributed by atoms with van der Waals surface area (Å²) in [4.78, 5) is 17.3. The number of hydrogen-bond donors (Lipinski definition) is 1. The van der Waals surface area contributed by atoms with E-state index < -0.39 is 23.2 Å². The number of thiocyanates is 1. The molecule has 32 heavy (non-hydrogen) atoms. The quantitative estimate of drug-likeness (QED) is 0.286. The molecule has 6 nitrogen and oxygen atoms in total. The maximum Gasteiger partial charge on any atom is 0.416 e. The number of rotatable bonds is 4. The molecule has 4 rings (SSSR count). The molecular formula is C22H14F3N4O2S+. The number of pyridine rings is 2. The van der Waals surface area contributed by atoms with Gasteiger partial charge < -0.3 is 5.11 Å². The summed E-state index contributed by atoms with van der Waals surface area (Å²) in [5, 5.41) is 22.2. The standard InChI is InChI=1S/C22H13F3N4O2S/c23-22(24,25)16-5-3-4-15(10-16)19-20(30)28-9-2-1-6-18(28)29(21(19)31)12-14-7-8-17(27-11-14)32-13-26/h1-11H,12H2/p+1. The van der Waals surface area contributed by atoms with E-state index in [1.54, 1.807) is 30.3 Å². The molecule has 0 saturated heterocycles. The number of hydrogen-bond acceptors (Lipinski definition) is 5. The lowest BCUT2D eigenvalue weighted by Crippen LogP contribution is -2.41. The molecule has 0 amide bonds. The van der Waals surface area contributed by atoms with E-state index in [9.17, 15) is 23.1 Å². The van der Waals surface area contributed by atoms with Gasteiger partial charge in [0.05, 0.1) is 11.8 Å². The van der Waals surface area contributed by atoms with Gasteiger partial charge in [-0.05, 0) is 29.8 Å². The van der Waals surface area contributed by atoms with Gasteiger partial charge in [-0.15, -0.1) is 0 Å². The molecule has 4 aromatic rings. The van der Waals surface area contributed by atoms with Crippen LogP contribution in [-0.2, 0) is 12.7 Å². The number of alkyl halides is 3. The van der Waals surface area contributed by atoms with Gasteiger partial charge in [0.1, 0.15) is 17.0 Å². The van der Waals surface area contributed by atoms with Crippen LogP contribution in [0.15, 0.2) is 76.8 Å². The molecule has 0 atom stereocenters. The van der Waals surface area contributed by atoms with E-state index in [1.807, 2.05) is 5.40 Å². The number of nitriles is 1. The van der Waals surface area contributed by atoms with Gasteiger partial charge in [-0.2, -0.15) is 27.4 Å². The highest BCUT2D eigenvalue weighted by Crippen LogP contribution is 2.33. The maximum atomic E-state index is 13.2. The van der Waals surface area contributed by atoms with Crippen molar-refractivity contribution < 1.29 is 22.8 Å². The summed E-state index contributed by atoms with van der Waals surface area (Å²) in [5.41, 5.74) is -0.855. The lowest BCUT2D eigenvalue weighted by molar-refractivity contribution is -0.671. The Bertz CT molecular complexity index is 1410. The average Bonchev–Trinajstić information content (AvgIpc) is 2.78. The number of fused-ring (bicyclic) bond motifs is 1. The van der Waals surface area contributed by atoms with Crippen molar-refractivity contribution in [3.63, 3.8) is 0 Å². The van der Waals surface area contributed by atoms with Gasteiger partial charge in [0, 0.05) is 29.6 Å². The molecule has 160 valence electrons. The van der Waals surface area contributed by atoms with E-state index >= 15 is 0 Å². The molecule has 0 unspecified atom stereocenters. The van der Waals surface area contributed by atoms with Crippen LogP contribution < -0.4 is 10.1 Å². The number of aromatic nitrogens is 3. The largest absolute Gasteiger partial charge is 0.477 e. The lowest BCUT2D eigenvalue weighted by Gasteiger charge is -2.12. The van der Waals surface area contributed by atoms with Crippen molar-refractivity contribution in [3.05, 3.63) is 88.5 Å². The van der Waals surface area contributed by atoms with Crippen molar-refractivity contribution in [1.82, 2.24) is 9.38 Å². The van der Waals surface area contributed by atoms with Gasteiger partial charge in [0.25, 0.3) is 11.5 Å². The van der Waals surface area contributed by atoms with Crippen molar-refractivity contribution >= 4 is 17.4 Å². The van der Waals surface area contributed by atoms with Crippen molar-refractivity contribution in [2.45, 2.75) is 17.7 Å². The first-order valence-electron chi connectivity index (χ1n) is 9.24. The predicted molar refractivity (Wildman–Crippen MR) is 111 cm³/mol. The fraction of sp³-hybridized carbons (Fsp3) is 0.0909. The zero-order chi connectivity index (χ0) is 22.9. The van der Waals surface area contributed by atoms with Crippen LogP contribution in [-0.4, -0.2) is 14.5 Å². The minimum absolute atomic E-state index is 0.0479. The molecule has 1 aromatic carbocycles. The summed E-state index contributed by atoms with van der Waals surface area (Å²) in [6.45, 7) is 0.0933. The summed E-state index contributed by atoms with van der Waals surface area (Å²) in [6, 6.07) is 12.5. The number of benzene rings is 1. The van der Waals surface area contributed by atoms with Gasteiger partial charge in [0.2, 0.25) is 0 Å². The molecule has 1 N–H and O–H groups in total. The van der Waals surface area contributed by atoms with Gasteiger partial charge in [0.15, 0.2) is 5.56 Å². The SMILES string of the molecule is N#CSc1ccc(C[n+]2c(O)c(-c3cccc(C(F)(F)F)c3)c(=O)n3ccccc32)cn1. The second kappa shape index (κ2) is 8.36. The molecular weight excluding hydrogens is 441 g/mol. The maximum absolute atomic E-state index is 13.2. The Morgan fingerprint density at radius 3 is 2.66 bits per heavy atom. The van der Waals surface area contributed by atoms with E-state index in [2.05, 4.69) is 4.98 Å². The van der Waals surface area contributed by atoms with Crippen molar-refractivity contribution in [2.24, 2.45) is 0 Å². The number of thioether (sulfide) groups is 1. The minimum Gasteiger partial charge on any atom is -0.477 e. The fourth-order valence-corrected chi connectivity index (χ4v) is 3.67. The second-order valence-corrected chi connectivity index (χ2v) is 7.60. The first kappa shape index (κ1) is 21.4. The Morgan fingerprint density at radius 2 is 1.97 bits per heavy atom. The molecule has 0 radical (unpaired) electrons. The minimum atomic E-state index is -4.59. The van der Waals surface area contributed by atoms with E-state index in [-0.39, 0.29) is 17.7 Å². The van der Waals surface area contributed by atoms with E-state index in [4.69, 9.17) is 5.26 Å². The topological polar surface area (TPSA) is 82.3 Å². The monoisotopic (exact) mass is 455 g/mol. The van der Waals surface area contributed by atoms with Crippen LogP contribution in [0.5, 0.6) is 5.88 Å². The molecule has 3 heterocycles. The summed E-state index contributed by atoms with van der Waals surface area (Å²) in [5.74, 6) is -0.462. The highest BCUT2D eigenvalue weighted by Gasteiger charge is 2.32. The van der Waals surface area contributed by atoms with Gasteiger partial charge in [-0.1, -0.05) is 24.3 Å². The molecule has 0 bridgehead atoms. The Hall–Kier alpha value is -3.84. The van der Waals surface area contributed by atoms with Gasteiger partial charge >= 0.3 is 11.7 Å². The van der Waals surface area contributed by atoms with E-state index in [0.717, 1.165) is 23.9 Å². The zero-order valence-electron chi connectivity index (χ0n) is 16.2. The van der Waals surface area contributed by atoms with Crippen molar-refractivity contribution in [1.29, 1.82) is 5.26 Å². The molecule has 0 aliphatic carbocycles. The molecule has 0 spiro atoms. The van der Waals surface area contributed by atoms with E-state index in [0.29, 0.717) is 16.2 Å². The summed E-state index contributed by atoms with van der Waals surface area (Å²) < 4.78 is 42.3. The third-order valence-corrected chi connectivity index (χ3v) is 5.34. The Balaban J connectivity index is 1.91. The van der Waals surface area contributed by atoms with Crippen molar-refractivity contribution in [2.75, 3.05) is 0 Å². The fourth-order valence-electron chi connectivity index (χ4n) is 3.34. The third kappa shape index (κ3) is 4.02.